The fraction of sp³-hybridized carbons (Fsp3) is 0.889. The molecule has 1 aliphatic rings. The molecule has 0 bridgehead atoms. The Morgan fingerprint density at radius 2 is 1.73 bits per heavy atom. The van der Waals surface area contributed by atoms with E-state index in [0.29, 0.717) is 6.04 Å². The Balaban J connectivity index is 2.35. The predicted octanol–water partition coefficient (Wildman–Crippen LogP) is 1.80. The van der Waals surface area contributed by atoms with Crippen LogP contribution in [0.1, 0.15) is 38.5 Å². The zero-order chi connectivity index (χ0) is 8.10. The molecule has 0 unspecified atom stereocenters. The average molecular weight is 155 g/mol. The Morgan fingerprint density at radius 1 is 1.18 bits per heavy atom. The highest BCUT2D eigenvalue weighted by Gasteiger charge is 2.14. The summed E-state index contributed by atoms with van der Waals surface area (Å²) < 4.78 is 0. The number of rotatable bonds is 2. The molecule has 0 atom stereocenters. The van der Waals surface area contributed by atoms with E-state index in [1.165, 1.54) is 38.5 Å². The Hall–Kier alpha value is -0.530. The van der Waals surface area contributed by atoms with Crippen LogP contribution >= 0.6 is 0 Å². The van der Waals surface area contributed by atoms with Crippen LogP contribution in [0.3, 0.4) is 0 Å². The summed E-state index contributed by atoms with van der Waals surface area (Å²) in [6.45, 7) is 0. The second-order valence-electron chi connectivity index (χ2n) is 3.42. The summed E-state index contributed by atoms with van der Waals surface area (Å²) in [5, 5.41) is 0. The van der Waals surface area contributed by atoms with Gasteiger partial charge in [-0.1, -0.05) is 25.7 Å². The normalized spacial score (nSPS) is 20.8. The maximum atomic E-state index is 10.4. The van der Waals surface area contributed by atoms with Crippen LogP contribution in [0.5, 0.6) is 0 Å². The second kappa shape index (κ2) is 4.37. The maximum absolute atomic E-state index is 10.4. The van der Waals surface area contributed by atoms with Crippen LogP contribution in [0.25, 0.3) is 0 Å². The van der Waals surface area contributed by atoms with Gasteiger partial charge >= 0.3 is 0 Å². The summed E-state index contributed by atoms with van der Waals surface area (Å²) >= 11 is 0. The molecule has 1 aliphatic carbocycles. The first-order chi connectivity index (χ1) is 5.34. The Kier molecular flexibility index (Phi) is 3.40. The molecule has 0 heterocycles. The van der Waals surface area contributed by atoms with Crippen molar-refractivity contribution >= 4 is 6.41 Å². The minimum atomic E-state index is 0.523. The van der Waals surface area contributed by atoms with E-state index >= 15 is 0 Å². The van der Waals surface area contributed by atoms with E-state index in [1.807, 2.05) is 11.9 Å². The lowest BCUT2D eigenvalue weighted by Crippen LogP contribution is -2.29. The first-order valence-corrected chi connectivity index (χ1v) is 4.52. The van der Waals surface area contributed by atoms with Crippen LogP contribution in [0.4, 0.5) is 0 Å². The average Bonchev–Trinajstić information content (AvgIpc) is 2.30. The van der Waals surface area contributed by atoms with Crippen molar-refractivity contribution in [1.29, 1.82) is 0 Å². The van der Waals surface area contributed by atoms with Gasteiger partial charge in [-0.15, -0.1) is 0 Å². The van der Waals surface area contributed by atoms with Gasteiger partial charge in [0, 0.05) is 13.1 Å². The minimum Gasteiger partial charge on any atom is -0.345 e. The summed E-state index contributed by atoms with van der Waals surface area (Å²) in [5.74, 6) is 0. The van der Waals surface area contributed by atoms with Gasteiger partial charge < -0.3 is 4.90 Å². The molecule has 0 aliphatic heterocycles. The molecule has 64 valence electrons. The molecule has 0 aromatic rings. The number of hydrogen-bond donors (Lipinski definition) is 0. The molecule has 1 amide bonds. The molecule has 0 N–H and O–H groups in total. The molecule has 11 heavy (non-hydrogen) atoms. The SMILES string of the molecule is CN(C=O)C1CCCCCC1. The van der Waals surface area contributed by atoms with Crippen LogP contribution in [0.2, 0.25) is 0 Å². The number of amides is 1. The summed E-state index contributed by atoms with van der Waals surface area (Å²) in [5.41, 5.74) is 0. The van der Waals surface area contributed by atoms with E-state index in [1.54, 1.807) is 0 Å². The molecule has 0 aromatic heterocycles. The third kappa shape index (κ3) is 2.52. The second-order valence-corrected chi connectivity index (χ2v) is 3.42. The van der Waals surface area contributed by atoms with Crippen molar-refractivity contribution in [2.24, 2.45) is 0 Å². The van der Waals surface area contributed by atoms with Crippen LogP contribution < -0.4 is 0 Å². The zero-order valence-corrected chi connectivity index (χ0v) is 7.25. The molecule has 0 spiro atoms. The van der Waals surface area contributed by atoms with E-state index in [0.717, 1.165) is 6.41 Å². The highest BCUT2D eigenvalue weighted by atomic mass is 16.1. The number of carbonyl (C=O) groups excluding carboxylic acids is 1. The van der Waals surface area contributed by atoms with E-state index in [-0.39, 0.29) is 0 Å². The fourth-order valence-corrected chi connectivity index (χ4v) is 1.75. The van der Waals surface area contributed by atoms with Gasteiger partial charge in [-0.2, -0.15) is 0 Å². The highest BCUT2D eigenvalue weighted by Crippen LogP contribution is 2.19. The lowest BCUT2D eigenvalue weighted by molar-refractivity contribution is -0.119. The molecule has 0 aromatic carbocycles. The summed E-state index contributed by atoms with van der Waals surface area (Å²) in [4.78, 5) is 12.3. The van der Waals surface area contributed by atoms with E-state index in [9.17, 15) is 4.79 Å². The third-order valence-electron chi connectivity index (χ3n) is 2.57. The Morgan fingerprint density at radius 3 is 2.18 bits per heavy atom. The summed E-state index contributed by atoms with van der Waals surface area (Å²) in [6, 6.07) is 0.523. The largest absolute Gasteiger partial charge is 0.345 e. The number of carbonyl (C=O) groups is 1. The van der Waals surface area contributed by atoms with Gasteiger partial charge in [-0.05, 0) is 12.8 Å². The van der Waals surface area contributed by atoms with Crippen molar-refractivity contribution in [3.8, 4) is 0 Å². The quantitative estimate of drug-likeness (QED) is 0.440. The first-order valence-electron chi connectivity index (χ1n) is 4.52. The third-order valence-corrected chi connectivity index (χ3v) is 2.57. The lowest BCUT2D eigenvalue weighted by atomic mass is 10.1. The minimum absolute atomic E-state index is 0.523. The molecule has 1 rings (SSSR count). The zero-order valence-electron chi connectivity index (χ0n) is 7.25. The van der Waals surface area contributed by atoms with Crippen LogP contribution in [-0.4, -0.2) is 24.4 Å². The number of nitrogens with zero attached hydrogens (tertiary/aromatic N) is 1. The molecule has 2 nitrogen and oxygen atoms in total. The maximum Gasteiger partial charge on any atom is 0.209 e. The smallest absolute Gasteiger partial charge is 0.209 e. The Labute approximate surface area is 68.6 Å². The van der Waals surface area contributed by atoms with Gasteiger partial charge in [-0.3, -0.25) is 4.79 Å². The molecular formula is C9H17NO. The van der Waals surface area contributed by atoms with E-state index in [4.69, 9.17) is 0 Å². The summed E-state index contributed by atoms with van der Waals surface area (Å²) in [7, 11) is 1.89. The summed E-state index contributed by atoms with van der Waals surface area (Å²) in [6.07, 6.45) is 8.65. The van der Waals surface area contributed by atoms with Gasteiger partial charge in [0.15, 0.2) is 0 Å². The van der Waals surface area contributed by atoms with E-state index < -0.39 is 0 Å². The van der Waals surface area contributed by atoms with Crippen molar-refractivity contribution in [2.45, 2.75) is 44.6 Å². The highest BCUT2D eigenvalue weighted by molar-refractivity contribution is 5.46. The molecular weight excluding hydrogens is 138 g/mol. The van der Waals surface area contributed by atoms with Crippen molar-refractivity contribution in [1.82, 2.24) is 4.90 Å². The molecule has 0 saturated heterocycles. The monoisotopic (exact) mass is 155 g/mol. The molecule has 1 saturated carbocycles. The van der Waals surface area contributed by atoms with Gasteiger partial charge in [0.2, 0.25) is 6.41 Å². The van der Waals surface area contributed by atoms with Gasteiger partial charge in [0.25, 0.3) is 0 Å². The Bertz CT molecular complexity index is 117. The molecule has 0 radical (unpaired) electrons. The number of hydrogen-bond acceptors (Lipinski definition) is 1. The van der Waals surface area contributed by atoms with E-state index in [2.05, 4.69) is 0 Å². The van der Waals surface area contributed by atoms with Gasteiger partial charge in [0.05, 0.1) is 0 Å². The first kappa shape index (κ1) is 8.57. The van der Waals surface area contributed by atoms with Crippen molar-refractivity contribution in [3.63, 3.8) is 0 Å². The standard InChI is InChI=1S/C9H17NO/c1-10(8-11)9-6-4-2-3-5-7-9/h8-9H,2-7H2,1H3. The van der Waals surface area contributed by atoms with Crippen molar-refractivity contribution in [2.75, 3.05) is 7.05 Å². The fourth-order valence-electron chi connectivity index (χ4n) is 1.75. The van der Waals surface area contributed by atoms with Crippen LogP contribution in [0, 0.1) is 0 Å². The van der Waals surface area contributed by atoms with Gasteiger partial charge in [-0.25, -0.2) is 0 Å². The van der Waals surface area contributed by atoms with Gasteiger partial charge in [0.1, 0.15) is 0 Å². The van der Waals surface area contributed by atoms with Crippen molar-refractivity contribution in [3.05, 3.63) is 0 Å². The van der Waals surface area contributed by atoms with Crippen LogP contribution in [0.15, 0.2) is 0 Å². The predicted molar refractivity (Wildman–Crippen MR) is 45.3 cm³/mol. The van der Waals surface area contributed by atoms with Crippen LogP contribution in [-0.2, 0) is 4.79 Å². The molecule has 2 heteroatoms. The topological polar surface area (TPSA) is 20.3 Å². The lowest BCUT2D eigenvalue weighted by Gasteiger charge is -2.22. The van der Waals surface area contributed by atoms with Crippen molar-refractivity contribution < 1.29 is 4.79 Å². The molecule has 1 fully saturated rings.